The summed E-state index contributed by atoms with van der Waals surface area (Å²) in [5.74, 6) is -0.457. The minimum Gasteiger partial charge on any atom is -0.320 e. The smallest absolute Gasteiger partial charge is 0.257 e. The molecule has 5 nitrogen and oxygen atoms in total. The Morgan fingerprint density at radius 1 is 1.04 bits per heavy atom. The molecule has 0 unspecified atom stereocenters. The molecule has 0 fully saturated rings. The second-order valence-corrected chi connectivity index (χ2v) is 7.73. The van der Waals surface area contributed by atoms with Crippen LogP contribution in [0.15, 0.2) is 65.7 Å². The van der Waals surface area contributed by atoms with E-state index in [-0.39, 0.29) is 16.2 Å². The van der Waals surface area contributed by atoms with E-state index < -0.39 is 15.7 Å². The maximum atomic E-state index is 12.7. The van der Waals surface area contributed by atoms with Gasteiger partial charge in [-0.2, -0.15) is 0 Å². The summed E-state index contributed by atoms with van der Waals surface area (Å²) in [6, 6.07) is 15.5. The Hall–Kier alpha value is -2.73. The number of carbonyl (C=O) groups excluding carboxylic acids is 1. The lowest BCUT2D eigenvalue weighted by molar-refractivity contribution is 0.102. The van der Waals surface area contributed by atoms with Crippen molar-refractivity contribution in [1.82, 2.24) is 4.98 Å². The molecular weight excluding hydrogens is 336 g/mol. The van der Waals surface area contributed by atoms with Crippen molar-refractivity contribution in [2.24, 2.45) is 0 Å². The molecule has 128 valence electrons. The van der Waals surface area contributed by atoms with Crippen molar-refractivity contribution in [1.29, 1.82) is 0 Å². The standard InChI is InChI=1S/C19H18N2O3S/c1-2-13-25(23,24)17-11-4-3-9-15(17)19(22)21-16-10-5-7-14-8-6-12-20-18(14)16/h3-12H,2,13H2,1H3,(H,21,22). The van der Waals surface area contributed by atoms with Crippen LogP contribution >= 0.6 is 0 Å². The number of nitrogens with one attached hydrogen (secondary N) is 1. The third kappa shape index (κ3) is 3.53. The van der Waals surface area contributed by atoms with Gasteiger partial charge >= 0.3 is 0 Å². The maximum Gasteiger partial charge on any atom is 0.257 e. The molecule has 6 heteroatoms. The SMILES string of the molecule is CCCS(=O)(=O)c1ccccc1C(=O)Nc1cccc2cccnc12. The number of pyridine rings is 1. The number of sulfone groups is 1. The molecule has 3 aromatic rings. The van der Waals surface area contributed by atoms with Crippen molar-refractivity contribution < 1.29 is 13.2 Å². The minimum absolute atomic E-state index is 0.00706. The summed E-state index contributed by atoms with van der Waals surface area (Å²) < 4.78 is 24.9. The quantitative estimate of drug-likeness (QED) is 0.758. The van der Waals surface area contributed by atoms with Crippen LogP contribution in [0.5, 0.6) is 0 Å². The van der Waals surface area contributed by atoms with Gasteiger partial charge in [-0.15, -0.1) is 0 Å². The van der Waals surface area contributed by atoms with Gasteiger partial charge in [0.2, 0.25) is 0 Å². The first kappa shape index (κ1) is 17.1. The summed E-state index contributed by atoms with van der Waals surface area (Å²) in [6.45, 7) is 1.79. The van der Waals surface area contributed by atoms with Crippen LogP contribution in [0.2, 0.25) is 0 Å². The van der Waals surface area contributed by atoms with E-state index in [1.807, 2.05) is 24.3 Å². The Morgan fingerprint density at radius 3 is 2.60 bits per heavy atom. The Morgan fingerprint density at radius 2 is 1.80 bits per heavy atom. The highest BCUT2D eigenvalue weighted by Gasteiger charge is 2.21. The van der Waals surface area contributed by atoms with E-state index in [2.05, 4.69) is 10.3 Å². The average molecular weight is 354 g/mol. The number of aromatic nitrogens is 1. The number of benzene rings is 2. The van der Waals surface area contributed by atoms with Crippen LogP contribution in [-0.2, 0) is 9.84 Å². The number of fused-ring (bicyclic) bond motifs is 1. The van der Waals surface area contributed by atoms with Gasteiger partial charge in [-0.05, 0) is 30.7 Å². The molecule has 25 heavy (non-hydrogen) atoms. The van der Waals surface area contributed by atoms with E-state index in [1.54, 1.807) is 31.3 Å². The Kier molecular flexibility index (Phi) is 4.81. The lowest BCUT2D eigenvalue weighted by atomic mass is 10.1. The van der Waals surface area contributed by atoms with Crippen LogP contribution in [0.1, 0.15) is 23.7 Å². The molecule has 0 aliphatic carbocycles. The lowest BCUT2D eigenvalue weighted by Gasteiger charge is -2.11. The molecule has 0 radical (unpaired) electrons. The Bertz CT molecular complexity index is 1020. The van der Waals surface area contributed by atoms with Gasteiger partial charge in [0.1, 0.15) is 0 Å². The van der Waals surface area contributed by atoms with E-state index in [4.69, 9.17) is 0 Å². The summed E-state index contributed by atoms with van der Waals surface area (Å²) >= 11 is 0. The van der Waals surface area contributed by atoms with Crippen LogP contribution in [-0.4, -0.2) is 25.1 Å². The van der Waals surface area contributed by atoms with Gasteiger partial charge in [-0.3, -0.25) is 9.78 Å². The first-order chi connectivity index (χ1) is 12.0. The second-order valence-electron chi connectivity index (χ2n) is 5.65. The molecule has 3 rings (SSSR count). The van der Waals surface area contributed by atoms with Gasteiger partial charge in [0.15, 0.2) is 9.84 Å². The van der Waals surface area contributed by atoms with Crippen LogP contribution < -0.4 is 5.32 Å². The molecule has 2 aromatic carbocycles. The second kappa shape index (κ2) is 7.03. The normalized spacial score (nSPS) is 11.4. The van der Waals surface area contributed by atoms with Gasteiger partial charge < -0.3 is 5.32 Å². The monoisotopic (exact) mass is 354 g/mol. The molecule has 0 aliphatic heterocycles. The minimum atomic E-state index is -3.50. The molecule has 0 bridgehead atoms. The zero-order valence-corrected chi connectivity index (χ0v) is 14.6. The summed E-state index contributed by atoms with van der Waals surface area (Å²) in [6.07, 6.45) is 2.14. The molecular formula is C19H18N2O3S. The summed E-state index contributed by atoms with van der Waals surface area (Å²) in [4.78, 5) is 17.1. The lowest BCUT2D eigenvalue weighted by Crippen LogP contribution is -2.18. The molecule has 0 spiro atoms. The molecule has 0 atom stereocenters. The number of para-hydroxylation sites is 1. The summed E-state index contributed by atoms with van der Waals surface area (Å²) in [7, 11) is -3.50. The van der Waals surface area contributed by atoms with Crippen LogP contribution in [0.4, 0.5) is 5.69 Å². The Labute approximate surface area is 146 Å². The molecule has 1 amide bonds. The third-order valence-electron chi connectivity index (χ3n) is 3.82. The average Bonchev–Trinajstić information content (AvgIpc) is 2.62. The first-order valence-electron chi connectivity index (χ1n) is 8.00. The number of rotatable bonds is 5. The van der Waals surface area contributed by atoms with Crippen molar-refractivity contribution >= 4 is 32.3 Å². The fraction of sp³-hybridized carbons (Fsp3) is 0.158. The van der Waals surface area contributed by atoms with Gasteiger partial charge in [-0.1, -0.05) is 37.3 Å². The van der Waals surface area contributed by atoms with Crippen molar-refractivity contribution in [3.05, 3.63) is 66.4 Å². The number of nitrogens with zero attached hydrogens (tertiary/aromatic N) is 1. The number of anilines is 1. The zero-order chi connectivity index (χ0) is 17.9. The van der Waals surface area contributed by atoms with Crippen LogP contribution in [0, 0.1) is 0 Å². The van der Waals surface area contributed by atoms with E-state index in [9.17, 15) is 13.2 Å². The van der Waals surface area contributed by atoms with E-state index in [0.29, 0.717) is 17.6 Å². The van der Waals surface area contributed by atoms with Gasteiger partial charge in [0.05, 0.1) is 27.4 Å². The fourth-order valence-corrected chi connectivity index (χ4v) is 4.24. The van der Waals surface area contributed by atoms with Crippen molar-refractivity contribution in [3.8, 4) is 0 Å². The largest absolute Gasteiger partial charge is 0.320 e. The van der Waals surface area contributed by atoms with Crippen molar-refractivity contribution in [2.75, 3.05) is 11.1 Å². The topological polar surface area (TPSA) is 76.1 Å². The number of hydrogen-bond donors (Lipinski definition) is 1. The molecule has 1 N–H and O–H groups in total. The van der Waals surface area contributed by atoms with Crippen molar-refractivity contribution in [2.45, 2.75) is 18.2 Å². The molecule has 1 heterocycles. The fourth-order valence-electron chi connectivity index (χ4n) is 2.70. The highest BCUT2D eigenvalue weighted by atomic mass is 32.2. The molecule has 0 saturated heterocycles. The van der Waals surface area contributed by atoms with Crippen LogP contribution in [0.3, 0.4) is 0 Å². The number of hydrogen-bond acceptors (Lipinski definition) is 4. The first-order valence-corrected chi connectivity index (χ1v) is 9.65. The molecule has 1 aromatic heterocycles. The van der Waals surface area contributed by atoms with E-state index in [1.165, 1.54) is 12.1 Å². The highest BCUT2D eigenvalue weighted by molar-refractivity contribution is 7.91. The third-order valence-corrected chi connectivity index (χ3v) is 5.79. The van der Waals surface area contributed by atoms with E-state index >= 15 is 0 Å². The highest BCUT2D eigenvalue weighted by Crippen LogP contribution is 2.23. The van der Waals surface area contributed by atoms with E-state index in [0.717, 1.165) is 5.39 Å². The predicted molar refractivity (Wildman–Crippen MR) is 98.5 cm³/mol. The van der Waals surface area contributed by atoms with Gasteiger partial charge in [-0.25, -0.2) is 8.42 Å². The maximum absolute atomic E-state index is 12.7. The predicted octanol–water partition coefficient (Wildman–Crippen LogP) is 3.67. The van der Waals surface area contributed by atoms with Gasteiger partial charge in [0.25, 0.3) is 5.91 Å². The van der Waals surface area contributed by atoms with Crippen molar-refractivity contribution in [3.63, 3.8) is 0 Å². The molecule has 0 saturated carbocycles. The van der Waals surface area contributed by atoms with Gasteiger partial charge in [0, 0.05) is 11.6 Å². The summed E-state index contributed by atoms with van der Waals surface area (Å²) in [5.41, 5.74) is 1.35. The Balaban J connectivity index is 2.00. The van der Waals surface area contributed by atoms with Crippen LogP contribution in [0.25, 0.3) is 10.9 Å². The number of amides is 1. The summed E-state index contributed by atoms with van der Waals surface area (Å²) in [5, 5.41) is 3.69. The number of carbonyl (C=O) groups is 1. The molecule has 0 aliphatic rings. The zero-order valence-electron chi connectivity index (χ0n) is 13.8.